The molecule has 3 aromatic rings. The minimum absolute atomic E-state index is 0.135. The molecule has 1 heterocycles. The molecule has 3 N–H and O–H groups in total. The van der Waals surface area contributed by atoms with Crippen LogP contribution >= 0.6 is 23.2 Å². The van der Waals surface area contributed by atoms with Crippen molar-refractivity contribution in [2.75, 3.05) is 5.73 Å². The summed E-state index contributed by atoms with van der Waals surface area (Å²) in [4.78, 5) is 25.3. The number of aromatic nitrogens is 2. The highest BCUT2D eigenvalue weighted by atomic mass is 35.5. The number of rotatable bonds is 5. The van der Waals surface area contributed by atoms with Gasteiger partial charge in [0.2, 0.25) is 0 Å². The second-order valence-electron chi connectivity index (χ2n) is 7.09. The van der Waals surface area contributed by atoms with E-state index >= 15 is 0 Å². The Kier molecular flexibility index (Phi) is 5.06. The first-order valence-corrected chi connectivity index (χ1v) is 9.85. The smallest absolute Gasteiger partial charge is 0.251 e. The lowest BCUT2D eigenvalue weighted by Gasteiger charge is -2.11. The Balaban J connectivity index is 1.69. The van der Waals surface area contributed by atoms with Gasteiger partial charge >= 0.3 is 0 Å². The summed E-state index contributed by atoms with van der Waals surface area (Å²) in [6.07, 6.45) is 3.42. The van der Waals surface area contributed by atoms with Gasteiger partial charge in [0.05, 0.1) is 17.4 Å². The lowest BCUT2D eigenvalue weighted by molar-refractivity contribution is 0.0950. The van der Waals surface area contributed by atoms with E-state index in [-0.39, 0.29) is 29.1 Å². The van der Waals surface area contributed by atoms with Crippen LogP contribution in [0, 0.1) is 6.92 Å². The van der Waals surface area contributed by atoms with E-state index in [2.05, 4.69) is 10.4 Å². The number of carbonyl (C=O) groups excluding carboxylic acids is 2. The topological polar surface area (TPSA) is 90.0 Å². The van der Waals surface area contributed by atoms with Crippen molar-refractivity contribution >= 4 is 40.7 Å². The second-order valence-corrected chi connectivity index (χ2v) is 7.96. The fraction of sp³-hybridized carbons (Fsp3) is 0.190. The first-order valence-electron chi connectivity index (χ1n) is 9.09. The average molecular weight is 429 g/mol. The van der Waals surface area contributed by atoms with E-state index in [9.17, 15) is 9.59 Å². The lowest BCUT2D eigenvalue weighted by atomic mass is 10.1. The maximum atomic E-state index is 12.9. The molecule has 4 rings (SSSR count). The third-order valence-electron chi connectivity index (χ3n) is 4.79. The minimum atomic E-state index is -0.335. The molecule has 8 heteroatoms. The van der Waals surface area contributed by atoms with Crippen LogP contribution in [0.2, 0.25) is 10.0 Å². The zero-order valence-corrected chi connectivity index (χ0v) is 17.1. The van der Waals surface area contributed by atoms with Crippen molar-refractivity contribution < 1.29 is 9.59 Å². The van der Waals surface area contributed by atoms with Crippen LogP contribution in [0.5, 0.6) is 0 Å². The molecule has 6 nitrogen and oxygen atoms in total. The van der Waals surface area contributed by atoms with Gasteiger partial charge in [0.1, 0.15) is 5.82 Å². The zero-order chi connectivity index (χ0) is 20.7. The predicted octanol–water partition coefficient (Wildman–Crippen LogP) is 4.19. The van der Waals surface area contributed by atoms with Gasteiger partial charge < -0.3 is 11.1 Å². The molecular weight excluding hydrogens is 411 g/mol. The zero-order valence-electron chi connectivity index (χ0n) is 15.6. The summed E-state index contributed by atoms with van der Waals surface area (Å²) in [5.41, 5.74) is 8.82. The molecule has 0 atom stereocenters. The Bertz CT molecular complexity index is 1120. The van der Waals surface area contributed by atoms with Gasteiger partial charge in [-0.05, 0) is 55.7 Å². The molecule has 0 aliphatic heterocycles. The van der Waals surface area contributed by atoms with Crippen molar-refractivity contribution in [3.8, 4) is 5.69 Å². The summed E-state index contributed by atoms with van der Waals surface area (Å²) in [6.45, 7) is 1.89. The van der Waals surface area contributed by atoms with E-state index in [1.54, 1.807) is 18.2 Å². The van der Waals surface area contributed by atoms with Gasteiger partial charge in [0, 0.05) is 27.2 Å². The second kappa shape index (κ2) is 7.54. The largest absolute Gasteiger partial charge is 0.383 e. The summed E-state index contributed by atoms with van der Waals surface area (Å²) in [5.74, 6) is -0.295. The molecule has 1 aliphatic carbocycles. The quantitative estimate of drug-likeness (QED) is 0.595. The van der Waals surface area contributed by atoms with E-state index < -0.39 is 0 Å². The molecule has 148 valence electrons. The monoisotopic (exact) mass is 428 g/mol. The molecule has 0 saturated heterocycles. The highest BCUT2D eigenvalue weighted by molar-refractivity contribution is 6.35. The number of ketones is 1. The van der Waals surface area contributed by atoms with Crippen LogP contribution in [-0.4, -0.2) is 27.5 Å². The highest BCUT2D eigenvalue weighted by Gasteiger charge is 2.24. The van der Waals surface area contributed by atoms with Crippen LogP contribution in [0.4, 0.5) is 5.82 Å². The van der Waals surface area contributed by atoms with Crippen molar-refractivity contribution in [2.24, 2.45) is 0 Å². The van der Waals surface area contributed by atoms with Crippen LogP contribution in [0.3, 0.4) is 0 Å². The Hall–Kier alpha value is -2.83. The number of halogens is 2. The van der Waals surface area contributed by atoms with Gasteiger partial charge in [-0.15, -0.1) is 0 Å². The van der Waals surface area contributed by atoms with E-state index in [0.717, 1.165) is 18.4 Å². The van der Waals surface area contributed by atoms with Crippen molar-refractivity contribution in [3.63, 3.8) is 0 Å². The molecule has 29 heavy (non-hydrogen) atoms. The summed E-state index contributed by atoms with van der Waals surface area (Å²) >= 11 is 12.0. The first kappa shape index (κ1) is 19.5. The maximum Gasteiger partial charge on any atom is 0.251 e. The molecule has 0 radical (unpaired) electrons. The standard InChI is InChI=1S/C21H18Cl2N4O2/c1-11-2-3-12(21(29)26-16-4-5-16)8-18(11)27-20(24)17(10-25-27)19(28)13-6-14(22)9-15(23)7-13/h2-3,6-10,16H,4-5,24H2,1H3,(H,26,29). The highest BCUT2D eigenvalue weighted by Crippen LogP contribution is 2.26. The number of nitrogens with two attached hydrogens (primary N) is 1. The maximum absolute atomic E-state index is 12.9. The molecule has 1 saturated carbocycles. The fourth-order valence-corrected chi connectivity index (χ4v) is 3.57. The molecule has 1 aliphatic rings. The number of carbonyl (C=O) groups is 2. The number of nitrogens with one attached hydrogen (secondary N) is 1. The predicted molar refractivity (Wildman–Crippen MR) is 113 cm³/mol. The van der Waals surface area contributed by atoms with Gasteiger partial charge in [0.15, 0.2) is 5.78 Å². The van der Waals surface area contributed by atoms with E-state index in [4.69, 9.17) is 28.9 Å². The van der Waals surface area contributed by atoms with Gasteiger partial charge in [-0.2, -0.15) is 5.10 Å². The Morgan fingerprint density at radius 3 is 2.45 bits per heavy atom. The normalized spacial score (nSPS) is 13.3. The average Bonchev–Trinajstić information content (AvgIpc) is 3.40. The third kappa shape index (κ3) is 3.99. The number of hydrogen-bond donors (Lipinski definition) is 2. The molecule has 0 spiro atoms. The number of amides is 1. The molecule has 1 fully saturated rings. The summed E-state index contributed by atoms with van der Waals surface area (Å²) in [5, 5.41) is 7.96. The van der Waals surface area contributed by atoms with Crippen LogP contribution in [0.25, 0.3) is 5.69 Å². The molecular formula is C21H18Cl2N4O2. The fourth-order valence-electron chi connectivity index (χ4n) is 3.04. The Labute approximate surface area is 177 Å². The SMILES string of the molecule is Cc1ccc(C(=O)NC2CC2)cc1-n1ncc(C(=O)c2cc(Cl)cc(Cl)c2)c1N. The van der Waals surface area contributed by atoms with Gasteiger partial charge in [-0.3, -0.25) is 9.59 Å². The Morgan fingerprint density at radius 1 is 1.10 bits per heavy atom. The first-order chi connectivity index (χ1) is 13.8. The van der Waals surface area contributed by atoms with Crippen LogP contribution in [0.1, 0.15) is 44.7 Å². The Morgan fingerprint density at radius 2 is 1.79 bits per heavy atom. The van der Waals surface area contributed by atoms with Crippen LogP contribution < -0.4 is 11.1 Å². The van der Waals surface area contributed by atoms with E-state index in [1.807, 2.05) is 13.0 Å². The molecule has 1 amide bonds. The lowest BCUT2D eigenvalue weighted by Crippen LogP contribution is -2.25. The van der Waals surface area contributed by atoms with Crippen LogP contribution in [0.15, 0.2) is 42.6 Å². The summed E-state index contributed by atoms with van der Waals surface area (Å²) < 4.78 is 1.46. The number of nitrogens with zero attached hydrogens (tertiary/aromatic N) is 2. The van der Waals surface area contributed by atoms with Crippen molar-refractivity contribution in [1.82, 2.24) is 15.1 Å². The summed E-state index contributed by atoms with van der Waals surface area (Å²) in [7, 11) is 0. The summed E-state index contributed by atoms with van der Waals surface area (Å²) in [6, 6.07) is 10.2. The van der Waals surface area contributed by atoms with Crippen molar-refractivity contribution in [2.45, 2.75) is 25.8 Å². The number of aryl methyl sites for hydroxylation is 1. The molecule has 0 bridgehead atoms. The van der Waals surface area contributed by atoms with E-state index in [0.29, 0.717) is 26.9 Å². The molecule has 1 aromatic heterocycles. The van der Waals surface area contributed by atoms with E-state index in [1.165, 1.54) is 23.0 Å². The molecule has 0 unspecified atom stereocenters. The van der Waals surface area contributed by atoms with Gasteiger partial charge in [0.25, 0.3) is 5.91 Å². The van der Waals surface area contributed by atoms with Crippen LogP contribution in [-0.2, 0) is 0 Å². The number of hydrogen-bond acceptors (Lipinski definition) is 4. The van der Waals surface area contributed by atoms with Crippen molar-refractivity contribution in [3.05, 3.63) is 74.9 Å². The minimum Gasteiger partial charge on any atom is -0.383 e. The van der Waals surface area contributed by atoms with Gasteiger partial charge in [-0.1, -0.05) is 29.3 Å². The third-order valence-corrected chi connectivity index (χ3v) is 5.22. The number of benzene rings is 2. The van der Waals surface area contributed by atoms with Gasteiger partial charge in [-0.25, -0.2) is 4.68 Å². The number of nitrogen functional groups attached to an aromatic ring is 1. The van der Waals surface area contributed by atoms with Crippen molar-refractivity contribution in [1.29, 1.82) is 0 Å². The number of anilines is 1. The molecule has 2 aromatic carbocycles.